The van der Waals surface area contributed by atoms with Gasteiger partial charge in [-0.05, 0) is 46.5 Å². The Morgan fingerprint density at radius 1 is 1.29 bits per heavy atom. The molecule has 1 saturated carbocycles. The molecule has 0 amide bonds. The summed E-state index contributed by atoms with van der Waals surface area (Å²) in [6.07, 6.45) is 4.59. The van der Waals surface area contributed by atoms with Crippen molar-refractivity contribution in [3.05, 3.63) is 0 Å². The normalized spacial score (nSPS) is 29.2. The minimum atomic E-state index is 0.00900. The molecule has 0 radical (unpaired) electrons. The zero-order valence-corrected chi connectivity index (χ0v) is 14.1. The predicted octanol–water partition coefficient (Wildman–Crippen LogP) is 1.58. The zero-order valence-electron chi connectivity index (χ0n) is 14.1. The van der Waals surface area contributed by atoms with Crippen LogP contribution in [0.5, 0.6) is 0 Å². The zero-order chi connectivity index (χ0) is 15.5. The quantitative estimate of drug-likeness (QED) is 0.597. The van der Waals surface area contributed by atoms with Gasteiger partial charge in [-0.25, -0.2) is 0 Å². The van der Waals surface area contributed by atoms with Crippen LogP contribution in [0.15, 0.2) is 4.99 Å². The lowest BCUT2D eigenvalue weighted by Gasteiger charge is -2.44. The van der Waals surface area contributed by atoms with Crippen molar-refractivity contribution in [2.24, 2.45) is 16.6 Å². The van der Waals surface area contributed by atoms with Crippen LogP contribution in [0, 0.1) is 5.92 Å². The van der Waals surface area contributed by atoms with Gasteiger partial charge in [-0.2, -0.15) is 0 Å². The SMILES string of the molecule is CC1CN(C(C)(C)CN=C(N)NCC2CCC2)CC(C)O1. The first-order valence-corrected chi connectivity index (χ1v) is 8.31. The minimum absolute atomic E-state index is 0.00900. The molecule has 0 aromatic rings. The average molecular weight is 296 g/mol. The number of hydrogen-bond donors (Lipinski definition) is 2. The maximum absolute atomic E-state index is 5.99. The molecule has 0 bridgehead atoms. The van der Waals surface area contributed by atoms with E-state index in [0.717, 1.165) is 32.1 Å². The first-order chi connectivity index (χ1) is 9.87. The van der Waals surface area contributed by atoms with E-state index in [9.17, 15) is 0 Å². The van der Waals surface area contributed by atoms with Crippen LogP contribution in [0.2, 0.25) is 0 Å². The highest BCUT2D eigenvalue weighted by Crippen LogP contribution is 2.25. The molecule has 0 aromatic heterocycles. The summed E-state index contributed by atoms with van der Waals surface area (Å²) in [5, 5.41) is 3.26. The molecular formula is C16H32N4O. The summed E-state index contributed by atoms with van der Waals surface area (Å²) < 4.78 is 5.81. The third kappa shape index (κ3) is 4.85. The summed E-state index contributed by atoms with van der Waals surface area (Å²) in [4.78, 5) is 7.02. The maximum atomic E-state index is 5.99. The van der Waals surface area contributed by atoms with E-state index in [2.05, 4.69) is 42.9 Å². The molecule has 1 saturated heterocycles. The first kappa shape index (κ1) is 16.6. The molecule has 2 rings (SSSR count). The fourth-order valence-corrected chi connectivity index (χ4v) is 3.05. The lowest BCUT2D eigenvalue weighted by Crippen LogP contribution is -2.56. The number of morpholine rings is 1. The molecular weight excluding hydrogens is 264 g/mol. The fraction of sp³-hybridized carbons (Fsp3) is 0.938. The molecule has 0 aromatic carbocycles. The number of nitrogens with two attached hydrogens (primary N) is 1. The lowest BCUT2D eigenvalue weighted by molar-refractivity contribution is -0.0939. The molecule has 1 heterocycles. The van der Waals surface area contributed by atoms with Gasteiger partial charge in [0.25, 0.3) is 0 Å². The van der Waals surface area contributed by atoms with E-state index < -0.39 is 0 Å². The van der Waals surface area contributed by atoms with Gasteiger partial charge in [0.1, 0.15) is 0 Å². The Morgan fingerprint density at radius 2 is 1.90 bits per heavy atom. The van der Waals surface area contributed by atoms with Crippen LogP contribution >= 0.6 is 0 Å². The van der Waals surface area contributed by atoms with Gasteiger partial charge in [0.15, 0.2) is 5.96 Å². The second-order valence-corrected chi connectivity index (χ2v) is 7.35. The van der Waals surface area contributed by atoms with Gasteiger partial charge < -0.3 is 15.8 Å². The Hall–Kier alpha value is -0.810. The molecule has 0 spiro atoms. The molecule has 5 nitrogen and oxygen atoms in total. The minimum Gasteiger partial charge on any atom is -0.373 e. The number of guanidine groups is 1. The maximum Gasteiger partial charge on any atom is 0.188 e. The van der Waals surface area contributed by atoms with Gasteiger partial charge in [-0.3, -0.25) is 9.89 Å². The molecule has 5 heteroatoms. The number of hydrogen-bond acceptors (Lipinski definition) is 3. The van der Waals surface area contributed by atoms with E-state index in [1.807, 2.05) is 0 Å². The number of ether oxygens (including phenoxy) is 1. The van der Waals surface area contributed by atoms with Crippen molar-refractivity contribution in [2.75, 3.05) is 26.2 Å². The Morgan fingerprint density at radius 3 is 2.43 bits per heavy atom. The number of aliphatic imine (C=N–C) groups is 1. The second-order valence-electron chi connectivity index (χ2n) is 7.35. The number of nitrogens with one attached hydrogen (secondary N) is 1. The fourth-order valence-electron chi connectivity index (χ4n) is 3.05. The highest BCUT2D eigenvalue weighted by atomic mass is 16.5. The highest BCUT2D eigenvalue weighted by molar-refractivity contribution is 5.77. The van der Waals surface area contributed by atoms with Crippen LogP contribution < -0.4 is 11.1 Å². The largest absolute Gasteiger partial charge is 0.373 e. The summed E-state index contributed by atoms with van der Waals surface area (Å²) in [6.45, 7) is 12.4. The summed E-state index contributed by atoms with van der Waals surface area (Å²) in [6, 6.07) is 0. The molecule has 3 N–H and O–H groups in total. The van der Waals surface area contributed by atoms with Crippen molar-refractivity contribution in [1.82, 2.24) is 10.2 Å². The van der Waals surface area contributed by atoms with Gasteiger partial charge in [0.2, 0.25) is 0 Å². The summed E-state index contributed by atoms with van der Waals surface area (Å²) >= 11 is 0. The molecule has 2 aliphatic rings. The van der Waals surface area contributed by atoms with Crippen molar-refractivity contribution in [3.63, 3.8) is 0 Å². The van der Waals surface area contributed by atoms with Crippen LogP contribution in [-0.4, -0.2) is 54.8 Å². The van der Waals surface area contributed by atoms with Gasteiger partial charge in [0.05, 0.1) is 18.8 Å². The standard InChI is InChI=1S/C16H32N4O/c1-12-9-20(10-13(2)21-12)16(3,4)11-19-15(17)18-8-14-6-5-7-14/h12-14H,5-11H2,1-4H3,(H3,17,18,19). The smallest absolute Gasteiger partial charge is 0.188 e. The van der Waals surface area contributed by atoms with Crippen molar-refractivity contribution >= 4 is 5.96 Å². The van der Waals surface area contributed by atoms with E-state index in [0.29, 0.717) is 5.96 Å². The summed E-state index contributed by atoms with van der Waals surface area (Å²) in [5.74, 6) is 1.39. The van der Waals surface area contributed by atoms with Crippen molar-refractivity contribution in [2.45, 2.75) is 64.7 Å². The molecule has 21 heavy (non-hydrogen) atoms. The number of nitrogens with zero attached hydrogens (tertiary/aromatic N) is 2. The van der Waals surface area contributed by atoms with Crippen LogP contribution in [-0.2, 0) is 4.74 Å². The lowest BCUT2D eigenvalue weighted by atomic mass is 9.85. The molecule has 1 aliphatic heterocycles. The highest BCUT2D eigenvalue weighted by Gasteiger charge is 2.33. The molecule has 122 valence electrons. The number of rotatable bonds is 5. The monoisotopic (exact) mass is 296 g/mol. The average Bonchev–Trinajstić information content (AvgIpc) is 2.33. The van der Waals surface area contributed by atoms with E-state index >= 15 is 0 Å². The third-order valence-corrected chi connectivity index (χ3v) is 4.71. The van der Waals surface area contributed by atoms with Gasteiger partial charge in [-0.1, -0.05) is 6.42 Å². The summed E-state index contributed by atoms with van der Waals surface area (Å²) in [7, 11) is 0. The second kappa shape index (κ2) is 6.97. The van der Waals surface area contributed by atoms with Crippen molar-refractivity contribution in [3.8, 4) is 0 Å². The van der Waals surface area contributed by atoms with E-state index in [1.165, 1.54) is 19.3 Å². The third-order valence-electron chi connectivity index (χ3n) is 4.71. The molecule has 2 fully saturated rings. The Labute approximate surface area is 129 Å². The Bertz CT molecular complexity index is 355. The van der Waals surface area contributed by atoms with Crippen LogP contribution in [0.3, 0.4) is 0 Å². The Kier molecular flexibility index (Phi) is 5.49. The van der Waals surface area contributed by atoms with Crippen LogP contribution in [0.1, 0.15) is 47.0 Å². The van der Waals surface area contributed by atoms with Gasteiger partial charge in [0, 0.05) is 25.2 Å². The topological polar surface area (TPSA) is 62.9 Å². The Balaban J connectivity index is 1.81. The summed E-state index contributed by atoms with van der Waals surface area (Å²) in [5.41, 5.74) is 6.00. The van der Waals surface area contributed by atoms with E-state index in [-0.39, 0.29) is 17.7 Å². The van der Waals surface area contributed by atoms with Crippen LogP contribution in [0.4, 0.5) is 0 Å². The molecule has 1 aliphatic carbocycles. The van der Waals surface area contributed by atoms with E-state index in [4.69, 9.17) is 10.5 Å². The van der Waals surface area contributed by atoms with Gasteiger partial charge >= 0.3 is 0 Å². The van der Waals surface area contributed by atoms with Gasteiger partial charge in [-0.15, -0.1) is 0 Å². The van der Waals surface area contributed by atoms with Crippen molar-refractivity contribution < 1.29 is 4.74 Å². The molecule has 2 unspecified atom stereocenters. The predicted molar refractivity (Wildman–Crippen MR) is 87.5 cm³/mol. The molecule has 2 atom stereocenters. The van der Waals surface area contributed by atoms with E-state index in [1.54, 1.807) is 0 Å². The van der Waals surface area contributed by atoms with Crippen molar-refractivity contribution in [1.29, 1.82) is 0 Å². The first-order valence-electron chi connectivity index (χ1n) is 8.31. The van der Waals surface area contributed by atoms with Crippen LogP contribution in [0.25, 0.3) is 0 Å².